The number of hydrogen-bond donors (Lipinski definition) is 1. The molecule has 3 heterocycles. The molecule has 4 rings (SSSR count). The Kier molecular flexibility index (Phi) is 3.65. The molecule has 23 heavy (non-hydrogen) atoms. The minimum absolute atomic E-state index is 0.129. The number of nitrogens with one attached hydrogen (secondary N) is 1. The first-order valence-corrected chi connectivity index (χ1v) is 8.36. The van der Waals surface area contributed by atoms with E-state index in [-0.39, 0.29) is 6.04 Å². The van der Waals surface area contributed by atoms with Crippen molar-refractivity contribution in [2.24, 2.45) is 5.92 Å². The highest BCUT2D eigenvalue weighted by Crippen LogP contribution is 2.26. The number of fused-ring (bicyclic) bond motifs is 3. The summed E-state index contributed by atoms with van der Waals surface area (Å²) in [6.07, 6.45) is 4.95. The Morgan fingerprint density at radius 2 is 1.96 bits per heavy atom. The summed E-state index contributed by atoms with van der Waals surface area (Å²) >= 11 is 0. The molecule has 2 aromatic rings. The summed E-state index contributed by atoms with van der Waals surface area (Å²) in [5, 5.41) is 3.96. The van der Waals surface area contributed by atoms with Gasteiger partial charge in [0.05, 0.1) is 5.52 Å². The molecule has 120 valence electrons. The van der Waals surface area contributed by atoms with Crippen LogP contribution >= 0.6 is 0 Å². The third kappa shape index (κ3) is 2.65. The van der Waals surface area contributed by atoms with Gasteiger partial charge in [0.1, 0.15) is 0 Å². The average Bonchev–Trinajstić information content (AvgIpc) is 3.01. The van der Waals surface area contributed by atoms with Crippen molar-refractivity contribution in [2.75, 3.05) is 19.6 Å². The second-order valence-corrected chi connectivity index (χ2v) is 6.62. The van der Waals surface area contributed by atoms with E-state index in [4.69, 9.17) is 0 Å². The van der Waals surface area contributed by atoms with E-state index in [1.165, 1.54) is 17.5 Å². The molecule has 0 saturated carbocycles. The third-order valence-corrected chi connectivity index (χ3v) is 5.20. The molecular weight excluding hydrogens is 290 g/mol. The molecule has 0 spiro atoms. The number of rotatable bonds is 1. The fourth-order valence-electron chi connectivity index (χ4n) is 3.97. The van der Waals surface area contributed by atoms with Gasteiger partial charge in [-0.25, -0.2) is 0 Å². The number of para-hydroxylation sites is 1. The molecule has 1 aromatic heterocycles. The molecule has 5 heteroatoms. The molecule has 3 unspecified atom stereocenters. The molecule has 2 saturated heterocycles. The second-order valence-electron chi connectivity index (χ2n) is 6.62. The molecule has 2 fully saturated rings. The lowest BCUT2D eigenvalue weighted by atomic mass is 9.85. The van der Waals surface area contributed by atoms with Crippen molar-refractivity contribution >= 4 is 22.7 Å². The fraction of sp³-hybridized carbons (Fsp3) is 0.444. The van der Waals surface area contributed by atoms with Crippen LogP contribution in [0.4, 0.5) is 0 Å². The Labute approximate surface area is 135 Å². The molecular formula is C18H21N3O2. The average molecular weight is 311 g/mol. The minimum Gasteiger partial charge on any atom is -0.345 e. The largest absolute Gasteiger partial charge is 0.345 e. The monoisotopic (exact) mass is 311 g/mol. The predicted octanol–water partition coefficient (Wildman–Crippen LogP) is 1.88. The molecule has 1 aromatic carbocycles. The lowest BCUT2D eigenvalue weighted by molar-refractivity contribution is -0.119. The van der Waals surface area contributed by atoms with E-state index in [1.54, 1.807) is 6.20 Å². The lowest BCUT2D eigenvalue weighted by Gasteiger charge is -2.42. The van der Waals surface area contributed by atoms with Gasteiger partial charge in [-0.3, -0.25) is 14.2 Å². The zero-order chi connectivity index (χ0) is 15.8. The Morgan fingerprint density at radius 1 is 1.09 bits per heavy atom. The molecule has 1 amide bonds. The quantitative estimate of drug-likeness (QED) is 0.818. The van der Waals surface area contributed by atoms with Crippen molar-refractivity contribution in [1.29, 1.82) is 0 Å². The summed E-state index contributed by atoms with van der Waals surface area (Å²) in [7, 11) is 0. The van der Waals surface area contributed by atoms with Crippen LogP contribution in [0.25, 0.3) is 10.9 Å². The van der Waals surface area contributed by atoms with E-state index in [2.05, 4.69) is 10.2 Å². The molecule has 3 atom stereocenters. The normalized spacial score (nSPS) is 26.9. The van der Waals surface area contributed by atoms with Gasteiger partial charge in [0.2, 0.25) is 0 Å². The van der Waals surface area contributed by atoms with Crippen LogP contribution < -0.4 is 5.32 Å². The maximum Gasteiger partial charge on any atom is 0.320 e. The van der Waals surface area contributed by atoms with E-state index >= 15 is 0 Å². The summed E-state index contributed by atoms with van der Waals surface area (Å²) in [5.41, 5.74) is 0.778. The first-order chi connectivity index (χ1) is 11.2. The summed E-state index contributed by atoms with van der Waals surface area (Å²) in [5.74, 6) is -0.504. The van der Waals surface area contributed by atoms with E-state index in [0.29, 0.717) is 5.92 Å². The number of amides is 1. The molecule has 1 N–H and O–H groups in total. The van der Waals surface area contributed by atoms with Gasteiger partial charge in [-0.15, -0.1) is 0 Å². The fourth-order valence-corrected chi connectivity index (χ4v) is 3.97. The lowest BCUT2D eigenvalue weighted by Crippen LogP contribution is -2.54. The van der Waals surface area contributed by atoms with Crippen LogP contribution in [-0.2, 0) is 4.79 Å². The van der Waals surface area contributed by atoms with Crippen LogP contribution in [0.3, 0.4) is 0 Å². The van der Waals surface area contributed by atoms with Gasteiger partial charge < -0.3 is 10.2 Å². The number of hydrogen-bond acceptors (Lipinski definition) is 3. The van der Waals surface area contributed by atoms with Crippen molar-refractivity contribution in [3.05, 3.63) is 36.5 Å². The van der Waals surface area contributed by atoms with Crippen LogP contribution in [0, 0.1) is 5.92 Å². The van der Waals surface area contributed by atoms with Crippen molar-refractivity contribution in [2.45, 2.75) is 25.3 Å². The van der Waals surface area contributed by atoms with Crippen LogP contribution in [-0.4, -0.2) is 47.0 Å². The van der Waals surface area contributed by atoms with Crippen LogP contribution in [0.2, 0.25) is 0 Å². The van der Waals surface area contributed by atoms with Crippen molar-refractivity contribution in [1.82, 2.24) is 14.8 Å². The highest BCUT2D eigenvalue weighted by Gasteiger charge is 2.34. The SMILES string of the molecule is O=C(NC1CCN2CCCC1C2)C(=O)n1ccc2ccccc21. The molecule has 2 aliphatic heterocycles. The maximum absolute atomic E-state index is 12.5. The zero-order valence-electron chi connectivity index (χ0n) is 13.1. The van der Waals surface area contributed by atoms with Gasteiger partial charge in [-0.05, 0) is 43.9 Å². The summed E-state index contributed by atoms with van der Waals surface area (Å²) in [6, 6.07) is 9.59. The van der Waals surface area contributed by atoms with Gasteiger partial charge in [0.25, 0.3) is 0 Å². The van der Waals surface area contributed by atoms with E-state index in [1.807, 2.05) is 30.3 Å². The molecule has 5 nitrogen and oxygen atoms in total. The van der Waals surface area contributed by atoms with Crippen LogP contribution in [0.5, 0.6) is 0 Å². The van der Waals surface area contributed by atoms with Crippen LogP contribution in [0.1, 0.15) is 24.1 Å². The number of carbonyl (C=O) groups excluding carboxylic acids is 2. The third-order valence-electron chi connectivity index (χ3n) is 5.20. The molecule has 0 aliphatic carbocycles. The van der Waals surface area contributed by atoms with Gasteiger partial charge in [0, 0.05) is 30.7 Å². The Balaban J connectivity index is 1.49. The van der Waals surface area contributed by atoms with E-state index in [9.17, 15) is 9.59 Å². The Bertz CT molecular complexity index is 752. The molecule has 2 bridgehead atoms. The predicted molar refractivity (Wildman–Crippen MR) is 88.3 cm³/mol. The van der Waals surface area contributed by atoms with Gasteiger partial charge in [0.15, 0.2) is 0 Å². The molecule has 0 radical (unpaired) electrons. The van der Waals surface area contributed by atoms with Gasteiger partial charge in [-0.2, -0.15) is 0 Å². The highest BCUT2D eigenvalue weighted by molar-refractivity contribution is 6.37. The van der Waals surface area contributed by atoms with Crippen molar-refractivity contribution in [3.63, 3.8) is 0 Å². The van der Waals surface area contributed by atoms with E-state index in [0.717, 1.165) is 36.8 Å². The number of benzene rings is 1. The smallest absolute Gasteiger partial charge is 0.320 e. The van der Waals surface area contributed by atoms with Gasteiger partial charge in [-0.1, -0.05) is 18.2 Å². The standard InChI is InChI=1S/C18H21N3O2/c22-17(19-15-8-10-20-9-3-5-14(15)12-20)18(23)21-11-7-13-4-1-2-6-16(13)21/h1-2,4,6-7,11,14-15H,3,5,8-10,12H2,(H,19,22). The first kappa shape index (κ1) is 14.5. The molecule has 2 aliphatic rings. The number of nitrogens with zero attached hydrogens (tertiary/aromatic N) is 2. The summed E-state index contributed by atoms with van der Waals surface area (Å²) < 4.78 is 1.45. The maximum atomic E-state index is 12.5. The topological polar surface area (TPSA) is 54.3 Å². The zero-order valence-corrected chi connectivity index (χ0v) is 13.1. The second kappa shape index (κ2) is 5.81. The van der Waals surface area contributed by atoms with E-state index < -0.39 is 11.8 Å². The van der Waals surface area contributed by atoms with Crippen molar-refractivity contribution in [3.8, 4) is 0 Å². The Hall–Kier alpha value is -2.14. The Morgan fingerprint density at radius 3 is 2.87 bits per heavy atom. The first-order valence-electron chi connectivity index (χ1n) is 8.36. The van der Waals surface area contributed by atoms with Crippen LogP contribution in [0.15, 0.2) is 36.5 Å². The minimum atomic E-state index is -0.496. The summed E-state index contributed by atoms with van der Waals surface area (Å²) in [4.78, 5) is 27.4. The van der Waals surface area contributed by atoms with Crippen molar-refractivity contribution < 1.29 is 9.59 Å². The summed E-state index contributed by atoms with van der Waals surface area (Å²) in [6.45, 7) is 3.24. The number of piperidine rings is 2. The highest BCUT2D eigenvalue weighted by atomic mass is 16.2. The number of carbonyl (C=O) groups is 2. The number of aromatic nitrogens is 1. The van der Waals surface area contributed by atoms with Gasteiger partial charge >= 0.3 is 11.8 Å².